The Balaban J connectivity index is 1.97. The average Bonchev–Trinajstić information content (AvgIpc) is 3.02. The fourth-order valence-electron chi connectivity index (χ4n) is 4.97. The van der Waals surface area contributed by atoms with Crippen LogP contribution in [-0.2, 0) is 11.2 Å². The van der Waals surface area contributed by atoms with Gasteiger partial charge in [0.15, 0.2) is 5.78 Å². The topological polar surface area (TPSA) is 26.3 Å². The first kappa shape index (κ1) is 25.7. The van der Waals surface area contributed by atoms with E-state index in [9.17, 15) is 4.79 Å². The minimum absolute atomic E-state index is 0.0373. The van der Waals surface area contributed by atoms with Crippen LogP contribution in [0.3, 0.4) is 0 Å². The monoisotopic (exact) mass is 496 g/mol. The highest BCUT2D eigenvalue weighted by Crippen LogP contribution is 2.46. The van der Waals surface area contributed by atoms with Crippen molar-refractivity contribution in [2.45, 2.75) is 40.0 Å². The number of hydrogen-bond donors (Lipinski definition) is 0. The SMILES string of the molecule is CC/C(=C(\C1=C(Cl)c2ccccc2CCC1C)c1ccc(/C=C/C(C)=O)cc1)c1ccc(OC)cc1. The fraction of sp³-hybridized carbons (Fsp3) is 0.242. The van der Waals surface area contributed by atoms with Crippen LogP contribution in [0.4, 0.5) is 0 Å². The van der Waals surface area contributed by atoms with Crippen molar-refractivity contribution < 1.29 is 9.53 Å². The standard InChI is InChI=1S/C33H33ClO2/c1-5-29(26-18-20-28(36-4)21-19-26)32(27-16-13-24(14-17-27)12-11-23(3)35)31-22(2)10-15-25-8-6-7-9-30(25)33(31)34/h6-9,11-14,16-22H,5,10,15H2,1-4H3/b12-11+,32-29+. The molecule has 0 fully saturated rings. The minimum atomic E-state index is 0.0373. The highest BCUT2D eigenvalue weighted by atomic mass is 35.5. The average molecular weight is 497 g/mol. The number of carbonyl (C=O) groups excluding carboxylic acids is 1. The molecular weight excluding hydrogens is 464 g/mol. The van der Waals surface area contributed by atoms with E-state index >= 15 is 0 Å². The molecule has 1 atom stereocenters. The number of ether oxygens (including phenoxy) is 1. The second kappa shape index (κ2) is 11.6. The van der Waals surface area contributed by atoms with Gasteiger partial charge in [0.25, 0.3) is 0 Å². The van der Waals surface area contributed by atoms with E-state index in [0.29, 0.717) is 0 Å². The molecule has 0 heterocycles. The Morgan fingerprint density at radius 2 is 1.67 bits per heavy atom. The van der Waals surface area contributed by atoms with Crippen LogP contribution in [0.1, 0.15) is 61.4 Å². The summed E-state index contributed by atoms with van der Waals surface area (Å²) in [7, 11) is 1.69. The molecule has 184 valence electrons. The second-order valence-electron chi connectivity index (χ2n) is 9.33. The van der Waals surface area contributed by atoms with Crippen molar-refractivity contribution in [3.63, 3.8) is 0 Å². The summed E-state index contributed by atoms with van der Waals surface area (Å²) >= 11 is 7.29. The zero-order chi connectivity index (χ0) is 25.7. The summed E-state index contributed by atoms with van der Waals surface area (Å²) in [5, 5.41) is 0.839. The first-order valence-electron chi connectivity index (χ1n) is 12.6. The first-order valence-corrected chi connectivity index (χ1v) is 13.0. The van der Waals surface area contributed by atoms with Crippen LogP contribution < -0.4 is 4.74 Å². The van der Waals surface area contributed by atoms with Gasteiger partial charge in [0, 0.05) is 0 Å². The molecule has 1 aliphatic rings. The summed E-state index contributed by atoms with van der Waals surface area (Å²) in [6.07, 6.45) is 6.35. The molecular formula is C33H33ClO2. The van der Waals surface area contributed by atoms with Crippen molar-refractivity contribution in [2.24, 2.45) is 5.92 Å². The van der Waals surface area contributed by atoms with E-state index < -0.39 is 0 Å². The van der Waals surface area contributed by atoms with E-state index in [-0.39, 0.29) is 11.7 Å². The van der Waals surface area contributed by atoms with Crippen LogP contribution in [0, 0.1) is 5.92 Å². The molecule has 0 saturated heterocycles. The summed E-state index contributed by atoms with van der Waals surface area (Å²) in [5.41, 5.74) is 9.36. The number of halogens is 1. The fourth-order valence-corrected chi connectivity index (χ4v) is 5.44. The van der Waals surface area contributed by atoms with Gasteiger partial charge < -0.3 is 4.74 Å². The van der Waals surface area contributed by atoms with Gasteiger partial charge in [-0.15, -0.1) is 0 Å². The molecule has 4 rings (SSSR count). The lowest BCUT2D eigenvalue weighted by molar-refractivity contribution is -0.112. The zero-order valence-corrected chi connectivity index (χ0v) is 22.2. The molecule has 3 aromatic rings. The highest BCUT2D eigenvalue weighted by Gasteiger charge is 2.26. The van der Waals surface area contributed by atoms with Crippen molar-refractivity contribution in [2.75, 3.05) is 7.11 Å². The smallest absolute Gasteiger partial charge is 0.152 e. The molecule has 0 aromatic heterocycles. The number of benzene rings is 3. The number of fused-ring (bicyclic) bond motifs is 1. The van der Waals surface area contributed by atoms with Crippen LogP contribution in [0.2, 0.25) is 0 Å². The van der Waals surface area contributed by atoms with Crippen LogP contribution in [0.25, 0.3) is 22.3 Å². The van der Waals surface area contributed by atoms with Gasteiger partial charge in [0.2, 0.25) is 0 Å². The van der Waals surface area contributed by atoms with Gasteiger partial charge in [-0.2, -0.15) is 0 Å². The van der Waals surface area contributed by atoms with Crippen molar-refractivity contribution in [1.82, 2.24) is 0 Å². The Labute approximate surface area is 220 Å². The van der Waals surface area contributed by atoms with Crippen molar-refractivity contribution >= 4 is 39.6 Å². The Kier molecular flexibility index (Phi) is 8.28. The lowest BCUT2D eigenvalue weighted by Gasteiger charge is -2.24. The quantitative estimate of drug-likeness (QED) is 0.241. The van der Waals surface area contributed by atoms with E-state index in [4.69, 9.17) is 16.3 Å². The molecule has 3 heteroatoms. The molecule has 0 bridgehead atoms. The summed E-state index contributed by atoms with van der Waals surface area (Å²) < 4.78 is 5.41. The van der Waals surface area contributed by atoms with Gasteiger partial charge >= 0.3 is 0 Å². The van der Waals surface area contributed by atoms with Gasteiger partial charge in [0.1, 0.15) is 5.75 Å². The molecule has 0 saturated carbocycles. The van der Waals surface area contributed by atoms with E-state index in [2.05, 4.69) is 74.5 Å². The van der Waals surface area contributed by atoms with Crippen LogP contribution in [-0.4, -0.2) is 12.9 Å². The molecule has 0 N–H and O–H groups in total. The molecule has 2 nitrogen and oxygen atoms in total. The van der Waals surface area contributed by atoms with Crippen LogP contribution >= 0.6 is 11.6 Å². The maximum absolute atomic E-state index is 11.4. The predicted molar refractivity (Wildman–Crippen MR) is 153 cm³/mol. The van der Waals surface area contributed by atoms with Gasteiger partial charge in [-0.1, -0.05) is 92.2 Å². The zero-order valence-electron chi connectivity index (χ0n) is 21.5. The summed E-state index contributed by atoms with van der Waals surface area (Å²) in [4.78, 5) is 11.4. The molecule has 0 radical (unpaired) electrons. The number of methoxy groups -OCH3 is 1. The molecule has 0 spiro atoms. The van der Waals surface area contributed by atoms with Crippen molar-refractivity contribution in [3.05, 3.63) is 112 Å². The van der Waals surface area contributed by atoms with Gasteiger partial charge in [-0.3, -0.25) is 4.79 Å². The molecule has 3 aromatic carbocycles. The Morgan fingerprint density at radius 3 is 2.31 bits per heavy atom. The second-order valence-corrected chi connectivity index (χ2v) is 9.70. The van der Waals surface area contributed by atoms with Gasteiger partial charge in [-0.25, -0.2) is 0 Å². The number of ketones is 1. The molecule has 1 aliphatic carbocycles. The van der Waals surface area contributed by atoms with E-state index in [1.807, 2.05) is 18.2 Å². The third-order valence-corrected chi connectivity index (χ3v) is 7.31. The normalized spacial score (nSPS) is 16.4. The largest absolute Gasteiger partial charge is 0.497 e. The molecule has 0 aliphatic heterocycles. The van der Waals surface area contributed by atoms with Gasteiger partial charge in [-0.05, 0) is 94.8 Å². The third-order valence-electron chi connectivity index (χ3n) is 6.90. The number of allylic oxidation sites excluding steroid dienone is 4. The van der Waals surface area contributed by atoms with Crippen LogP contribution in [0.5, 0.6) is 5.75 Å². The van der Waals surface area contributed by atoms with Gasteiger partial charge in [0.05, 0.1) is 12.1 Å². The van der Waals surface area contributed by atoms with E-state index in [1.165, 1.54) is 22.3 Å². The summed E-state index contributed by atoms with van der Waals surface area (Å²) in [5.74, 6) is 1.17. The van der Waals surface area contributed by atoms with E-state index in [1.54, 1.807) is 20.1 Å². The number of carbonyl (C=O) groups is 1. The lowest BCUT2D eigenvalue weighted by Crippen LogP contribution is -2.06. The minimum Gasteiger partial charge on any atom is -0.497 e. The Morgan fingerprint density at radius 1 is 1.00 bits per heavy atom. The third kappa shape index (κ3) is 5.55. The predicted octanol–water partition coefficient (Wildman–Crippen LogP) is 8.85. The molecule has 1 unspecified atom stereocenters. The van der Waals surface area contributed by atoms with Crippen molar-refractivity contribution in [1.29, 1.82) is 0 Å². The maximum Gasteiger partial charge on any atom is 0.152 e. The highest BCUT2D eigenvalue weighted by molar-refractivity contribution is 6.50. The Bertz CT molecular complexity index is 1320. The van der Waals surface area contributed by atoms with E-state index in [0.717, 1.165) is 52.3 Å². The number of aryl methyl sites for hydroxylation is 1. The summed E-state index contributed by atoms with van der Waals surface area (Å²) in [6.45, 7) is 6.05. The van der Waals surface area contributed by atoms with Crippen LogP contribution in [0.15, 0.2) is 84.4 Å². The maximum atomic E-state index is 11.4. The summed E-state index contributed by atoms with van der Waals surface area (Å²) in [6, 6.07) is 25.2. The lowest BCUT2D eigenvalue weighted by atomic mass is 9.81. The van der Waals surface area contributed by atoms with Crippen molar-refractivity contribution in [3.8, 4) is 5.75 Å². The number of hydrogen-bond acceptors (Lipinski definition) is 2. The first-order chi connectivity index (χ1) is 17.4. The Hall–Kier alpha value is -3.36. The molecule has 0 amide bonds. The number of rotatable bonds is 7. The molecule has 36 heavy (non-hydrogen) atoms.